The molecular formula is C18H16N2O3S. The van der Waals surface area contributed by atoms with E-state index < -0.39 is 0 Å². The van der Waals surface area contributed by atoms with Crippen molar-refractivity contribution in [3.8, 4) is 11.5 Å². The van der Waals surface area contributed by atoms with Crippen LogP contribution in [0.25, 0.3) is 0 Å². The zero-order valence-electron chi connectivity index (χ0n) is 12.8. The van der Waals surface area contributed by atoms with Crippen LogP contribution in [0, 0.1) is 0 Å². The lowest BCUT2D eigenvalue weighted by Crippen LogP contribution is -2.05. The van der Waals surface area contributed by atoms with Crippen molar-refractivity contribution in [2.75, 3.05) is 5.75 Å². The molecule has 0 atom stereocenters. The minimum Gasteiger partial charge on any atom is -0.504 e. The predicted octanol–water partition coefficient (Wildman–Crippen LogP) is 3.32. The molecule has 5 nitrogen and oxygen atoms in total. The van der Waals surface area contributed by atoms with Gasteiger partial charge in [0.25, 0.3) is 0 Å². The second kappa shape index (κ2) is 7.23. The number of phenols is 2. The van der Waals surface area contributed by atoms with Gasteiger partial charge in [0.05, 0.1) is 5.75 Å². The highest BCUT2D eigenvalue weighted by Crippen LogP contribution is 2.26. The Labute approximate surface area is 143 Å². The van der Waals surface area contributed by atoms with Crippen molar-refractivity contribution in [1.82, 2.24) is 9.55 Å². The van der Waals surface area contributed by atoms with Crippen LogP contribution in [-0.2, 0) is 6.54 Å². The quantitative estimate of drug-likeness (QED) is 0.409. The molecule has 0 unspecified atom stereocenters. The lowest BCUT2D eigenvalue weighted by atomic mass is 10.1. The molecule has 24 heavy (non-hydrogen) atoms. The molecule has 0 saturated heterocycles. The van der Waals surface area contributed by atoms with Crippen LogP contribution in [0.5, 0.6) is 11.5 Å². The van der Waals surface area contributed by atoms with Gasteiger partial charge in [0.1, 0.15) is 0 Å². The normalized spacial score (nSPS) is 10.7. The van der Waals surface area contributed by atoms with Gasteiger partial charge in [-0.1, -0.05) is 42.1 Å². The van der Waals surface area contributed by atoms with E-state index in [0.29, 0.717) is 12.1 Å². The highest BCUT2D eigenvalue weighted by molar-refractivity contribution is 7.99. The van der Waals surface area contributed by atoms with Crippen molar-refractivity contribution in [2.24, 2.45) is 0 Å². The van der Waals surface area contributed by atoms with Crippen molar-refractivity contribution in [2.45, 2.75) is 11.7 Å². The van der Waals surface area contributed by atoms with E-state index in [-0.39, 0.29) is 23.0 Å². The Morgan fingerprint density at radius 2 is 1.88 bits per heavy atom. The van der Waals surface area contributed by atoms with E-state index in [1.54, 1.807) is 6.20 Å². The number of ketones is 1. The number of aromatic hydroxyl groups is 2. The summed E-state index contributed by atoms with van der Waals surface area (Å²) in [6.07, 6.45) is 3.59. The van der Waals surface area contributed by atoms with E-state index in [2.05, 4.69) is 4.98 Å². The van der Waals surface area contributed by atoms with Gasteiger partial charge < -0.3 is 14.8 Å². The zero-order valence-corrected chi connectivity index (χ0v) is 13.6. The average Bonchev–Trinajstić information content (AvgIpc) is 3.03. The molecule has 2 N–H and O–H groups in total. The van der Waals surface area contributed by atoms with Gasteiger partial charge >= 0.3 is 0 Å². The minimum atomic E-state index is -0.295. The molecule has 3 rings (SSSR count). The number of hydrogen-bond acceptors (Lipinski definition) is 5. The fourth-order valence-corrected chi connectivity index (χ4v) is 3.10. The Hall–Kier alpha value is -2.73. The molecule has 122 valence electrons. The molecule has 0 amide bonds. The third-order valence-corrected chi connectivity index (χ3v) is 4.51. The number of Topliss-reactive ketones (excluding diaryl/α,β-unsaturated/α-hetero) is 1. The zero-order chi connectivity index (χ0) is 16.9. The lowest BCUT2D eigenvalue weighted by molar-refractivity contribution is 0.102. The Kier molecular flexibility index (Phi) is 4.86. The van der Waals surface area contributed by atoms with Crippen LogP contribution in [0.1, 0.15) is 15.9 Å². The molecule has 6 heteroatoms. The van der Waals surface area contributed by atoms with E-state index >= 15 is 0 Å². The van der Waals surface area contributed by atoms with Crippen molar-refractivity contribution in [3.05, 3.63) is 72.1 Å². The van der Waals surface area contributed by atoms with E-state index in [0.717, 1.165) is 10.7 Å². The van der Waals surface area contributed by atoms with Crippen LogP contribution in [-0.4, -0.2) is 31.3 Å². The second-order valence-electron chi connectivity index (χ2n) is 5.24. The largest absolute Gasteiger partial charge is 0.504 e. The second-order valence-corrected chi connectivity index (χ2v) is 6.18. The highest BCUT2D eigenvalue weighted by atomic mass is 32.2. The molecule has 0 aliphatic heterocycles. The smallest absolute Gasteiger partial charge is 0.173 e. The van der Waals surface area contributed by atoms with Gasteiger partial charge in [-0.05, 0) is 23.8 Å². The molecule has 0 aliphatic rings. The monoisotopic (exact) mass is 340 g/mol. The van der Waals surface area contributed by atoms with E-state index in [9.17, 15) is 15.0 Å². The van der Waals surface area contributed by atoms with Crippen LogP contribution in [0.4, 0.5) is 0 Å². The minimum absolute atomic E-state index is 0.135. The maximum absolute atomic E-state index is 12.2. The fraction of sp³-hybridized carbons (Fsp3) is 0.111. The van der Waals surface area contributed by atoms with Gasteiger partial charge in [0.15, 0.2) is 22.4 Å². The SMILES string of the molecule is O=C(CSc1nccn1Cc1ccccc1)c1ccc(O)c(O)c1. The highest BCUT2D eigenvalue weighted by Gasteiger charge is 2.12. The summed E-state index contributed by atoms with van der Waals surface area (Å²) < 4.78 is 1.99. The number of nitrogens with zero attached hydrogens (tertiary/aromatic N) is 2. The summed E-state index contributed by atoms with van der Waals surface area (Å²) in [6, 6.07) is 14.1. The molecule has 0 radical (unpaired) electrons. The molecule has 0 spiro atoms. The molecule has 0 bridgehead atoms. The van der Waals surface area contributed by atoms with Crippen molar-refractivity contribution in [1.29, 1.82) is 0 Å². The number of phenolic OH excluding ortho intramolecular Hbond substituents is 2. The number of carbonyl (C=O) groups excluding carboxylic acids is 1. The third-order valence-electron chi connectivity index (χ3n) is 3.50. The summed E-state index contributed by atoms with van der Waals surface area (Å²) in [5, 5.41) is 19.5. The Bertz CT molecular complexity index is 846. The van der Waals surface area contributed by atoms with Crippen molar-refractivity contribution in [3.63, 3.8) is 0 Å². The molecule has 1 heterocycles. The van der Waals surface area contributed by atoms with Crippen molar-refractivity contribution < 1.29 is 15.0 Å². The predicted molar refractivity (Wildman–Crippen MR) is 92.6 cm³/mol. The Morgan fingerprint density at radius 3 is 2.62 bits per heavy atom. The van der Waals surface area contributed by atoms with Gasteiger partial charge in [-0.15, -0.1) is 0 Å². The van der Waals surface area contributed by atoms with Gasteiger partial charge in [-0.25, -0.2) is 4.98 Å². The summed E-state index contributed by atoms with van der Waals surface area (Å²) in [7, 11) is 0. The summed E-state index contributed by atoms with van der Waals surface area (Å²) in [5.41, 5.74) is 1.52. The standard InChI is InChI=1S/C18H16N2O3S/c21-15-7-6-14(10-16(15)22)17(23)12-24-18-19-8-9-20(18)11-13-4-2-1-3-5-13/h1-10,21-22H,11-12H2. The maximum Gasteiger partial charge on any atom is 0.173 e. The first-order chi connectivity index (χ1) is 11.6. The molecule has 1 aromatic heterocycles. The van der Waals surface area contributed by atoms with Gasteiger partial charge in [-0.2, -0.15) is 0 Å². The Morgan fingerprint density at radius 1 is 1.08 bits per heavy atom. The summed E-state index contributed by atoms with van der Waals surface area (Å²) in [5.74, 6) is -0.464. The van der Waals surface area contributed by atoms with E-state index in [1.165, 1.54) is 30.0 Å². The summed E-state index contributed by atoms with van der Waals surface area (Å²) in [4.78, 5) is 16.5. The molecule has 0 saturated carbocycles. The van der Waals surface area contributed by atoms with Gasteiger partial charge in [0, 0.05) is 24.5 Å². The van der Waals surface area contributed by atoms with Crippen LogP contribution < -0.4 is 0 Å². The number of carbonyl (C=O) groups is 1. The van der Waals surface area contributed by atoms with Gasteiger partial charge in [-0.3, -0.25) is 4.79 Å². The fourth-order valence-electron chi connectivity index (χ4n) is 2.25. The lowest BCUT2D eigenvalue weighted by Gasteiger charge is -2.07. The maximum atomic E-state index is 12.2. The number of thioether (sulfide) groups is 1. The topological polar surface area (TPSA) is 75.4 Å². The molecule has 2 aromatic carbocycles. The summed E-state index contributed by atoms with van der Waals surface area (Å²) >= 11 is 1.34. The first kappa shape index (κ1) is 16.1. The average molecular weight is 340 g/mol. The number of rotatable bonds is 6. The van der Waals surface area contributed by atoms with Crippen LogP contribution in [0.2, 0.25) is 0 Å². The number of benzene rings is 2. The first-order valence-electron chi connectivity index (χ1n) is 7.36. The molecule has 3 aromatic rings. The van der Waals surface area contributed by atoms with Gasteiger partial charge in [0.2, 0.25) is 0 Å². The van der Waals surface area contributed by atoms with E-state index in [4.69, 9.17) is 0 Å². The third kappa shape index (κ3) is 3.78. The van der Waals surface area contributed by atoms with E-state index in [1.807, 2.05) is 41.1 Å². The molecule has 0 fully saturated rings. The van der Waals surface area contributed by atoms with Crippen molar-refractivity contribution >= 4 is 17.5 Å². The first-order valence-corrected chi connectivity index (χ1v) is 8.35. The Balaban J connectivity index is 1.66. The molecular weight excluding hydrogens is 324 g/mol. The number of imidazole rings is 1. The summed E-state index contributed by atoms with van der Waals surface area (Å²) in [6.45, 7) is 0.692. The van der Waals surface area contributed by atoms with Crippen LogP contribution in [0.15, 0.2) is 66.1 Å². The van der Waals surface area contributed by atoms with Crippen LogP contribution in [0.3, 0.4) is 0 Å². The number of hydrogen-bond donors (Lipinski definition) is 2. The number of aromatic nitrogens is 2. The van der Waals surface area contributed by atoms with Crippen LogP contribution >= 0.6 is 11.8 Å². The molecule has 0 aliphatic carbocycles.